The molecule has 4 aromatic rings. The van der Waals surface area contributed by atoms with Gasteiger partial charge in [-0.3, -0.25) is 9.48 Å². The number of benzene rings is 2. The van der Waals surface area contributed by atoms with Crippen molar-refractivity contribution in [3.05, 3.63) is 96.7 Å². The Morgan fingerprint density at radius 3 is 2.74 bits per heavy atom. The Labute approximate surface area is 218 Å². The Balaban J connectivity index is 1.56. The van der Waals surface area contributed by atoms with Crippen LogP contribution in [0.5, 0.6) is 0 Å². The number of halogens is 1. The Bertz CT molecular complexity index is 1500. The van der Waals surface area contributed by atoms with Gasteiger partial charge in [0.2, 0.25) is 11.9 Å². The van der Waals surface area contributed by atoms with Gasteiger partial charge in [0, 0.05) is 37.6 Å². The molecule has 11 heteroatoms. The molecule has 0 atom stereocenters. The lowest BCUT2D eigenvalue weighted by molar-refractivity contribution is -0.111. The number of anilines is 5. The van der Waals surface area contributed by atoms with E-state index in [4.69, 9.17) is 0 Å². The summed E-state index contributed by atoms with van der Waals surface area (Å²) < 4.78 is 15.5. The lowest BCUT2D eigenvalue weighted by Crippen LogP contribution is -2.40. The number of urea groups is 1. The zero-order valence-electron chi connectivity index (χ0n) is 20.6. The molecule has 0 saturated heterocycles. The SMILES string of the molecule is C=CC(=O)Nc1cccc(N2C(=O)N(Cc3ccccc3)CCc3cnc(Nc4cn(C)nc4F)nc32)c1. The highest BCUT2D eigenvalue weighted by atomic mass is 19.1. The van der Waals surface area contributed by atoms with Crippen LogP contribution >= 0.6 is 0 Å². The largest absolute Gasteiger partial charge is 0.330 e. The van der Waals surface area contributed by atoms with Gasteiger partial charge >= 0.3 is 6.03 Å². The molecular weight excluding hydrogens is 487 g/mol. The first kappa shape index (κ1) is 24.6. The Morgan fingerprint density at radius 1 is 1.18 bits per heavy atom. The number of fused-ring (bicyclic) bond motifs is 1. The van der Waals surface area contributed by atoms with Crippen molar-refractivity contribution in [1.82, 2.24) is 24.6 Å². The molecule has 10 nitrogen and oxygen atoms in total. The Kier molecular flexibility index (Phi) is 6.81. The second-order valence-corrected chi connectivity index (χ2v) is 8.69. The van der Waals surface area contributed by atoms with Crippen LogP contribution in [-0.4, -0.2) is 43.1 Å². The molecular formula is C27H25FN8O2. The van der Waals surface area contributed by atoms with E-state index < -0.39 is 5.95 Å². The number of hydrogen-bond donors (Lipinski definition) is 2. The quantitative estimate of drug-likeness (QED) is 0.352. The normalized spacial score (nSPS) is 13.1. The van der Waals surface area contributed by atoms with Crippen molar-refractivity contribution < 1.29 is 14.0 Å². The van der Waals surface area contributed by atoms with Gasteiger partial charge in [-0.25, -0.2) is 14.7 Å². The predicted octanol–water partition coefficient (Wildman–Crippen LogP) is 4.53. The molecule has 0 saturated carbocycles. The zero-order valence-corrected chi connectivity index (χ0v) is 20.6. The molecule has 0 fully saturated rings. The van der Waals surface area contributed by atoms with Gasteiger partial charge in [-0.15, -0.1) is 5.10 Å². The van der Waals surface area contributed by atoms with E-state index in [9.17, 15) is 14.0 Å². The highest BCUT2D eigenvalue weighted by Gasteiger charge is 2.31. The standard InChI is InChI=1S/C27H25FN8O2/c1-3-23(37)30-20-10-7-11-21(14-20)36-25-19(12-13-35(27(36)38)16-18-8-5-4-6-9-18)15-29-26(32-25)31-22-17-34(2)33-24(22)28/h3-11,14-15,17H,1,12-13,16H2,2H3,(H,30,37)(H,29,31,32). The van der Waals surface area contributed by atoms with E-state index in [2.05, 4.69) is 32.3 Å². The third-order valence-corrected chi connectivity index (χ3v) is 5.97. The molecule has 1 aliphatic heterocycles. The lowest BCUT2D eigenvalue weighted by atomic mass is 10.2. The molecule has 0 bridgehead atoms. The maximum atomic E-state index is 14.2. The van der Waals surface area contributed by atoms with E-state index in [1.54, 1.807) is 42.4 Å². The predicted molar refractivity (Wildman–Crippen MR) is 142 cm³/mol. The fourth-order valence-electron chi connectivity index (χ4n) is 4.18. The number of amides is 3. The van der Waals surface area contributed by atoms with Gasteiger partial charge in [-0.05, 0) is 36.3 Å². The third-order valence-electron chi connectivity index (χ3n) is 5.97. The molecule has 0 aliphatic carbocycles. The minimum absolute atomic E-state index is 0.110. The summed E-state index contributed by atoms with van der Waals surface area (Å²) in [7, 11) is 1.60. The van der Waals surface area contributed by atoms with Crippen LogP contribution in [-0.2, 0) is 24.8 Å². The summed E-state index contributed by atoms with van der Waals surface area (Å²) in [5.41, 5.74) is 2.82. The molecule has 0 unspecified atom stereocenters. The minimum atomic E-state index is -0.696. The summed E-state index contributed by atoms with van der Waals surface area (Å²) in [4.78, 5) is 38.1. The monoisotopic (exact) mass is 512 g/mol. The van der Waals surface area contributed by atoms with Crippen molar-refractivity contribution in [3.8, 4) is 0 Å². The molecule has 3 heterocycles. The van der Waals surface area contributed by atoms with Crippen LogP contribution in [0, 0.1) is 5.95 Å². The van der Waals surface area contributed by atoms with Crippen LogP contribution in [0.4, 0.5) is 38.0 Å². The molecule has 2 aromatic heterocycles. The Morgan fingerprint density at radius 2 is 2.00 bits per heavy atom. The van der Waals surface area contributed by atoms with Gasteiger partial charge < -0.3 is 15.5 Å². The van der Waals surface area contributed by atoms with Crippen molar-refractivity contribution in [2.45, 2.75) is 13.0 Å². The minimum Gasteiger partial charge on any atom is -0.322 e. The summed E-state index contributed by atoms with van der Waals surface area (Å²) in [6, 6.07) is 16.3. The summed E-state index contributed by atoms with van der Waals surface area (Å²) in [6.45, 7) is 4.33. The third kappa shape index (κ3) is 5.21. The molecule has 1 aliphatic rings. The number of hydrogen-bond acceptors (Lipinski definition) is 6. The molecule has 2 N–H and O–H groups in total. The van der Waals surface area contributed by atoms with Crippen molar-refractivity contribution >= 4 is 40.8 Å². The molecule has 0 spiro atoms. The molecule has 3 amide bonds. The highest BCUT2D eigenvalue weighted by Crippen LogP contribution is 2.34. The van der Waals surface area contributed by atoms with Crippen LogP contribution in [0.15, 0.2) is 79.6 Å². The summed E-state index contributed by atoms with van der Waals surface area (Å²) in [5, 5.41) is 9.26. The van der Waals surface area contributed by atoms with Gasteiger partial charge in [0.05, 0.1) is 11.9 Å². The molecule has 5 rings (SSSR count). The number of nitrogens with one attached hydrogen (secondary N) is 2. The molecule has 38 heavy (non-hydrogen) atoms. The van der Waals surface area contributed by atoms with Gasteiger partial charge in [-0.1, -0.05) is 43.0 Å². The van der Waals surface area contributed by atoms with Crippen LogP contribution < -0.4 is 15.5 Å². The van der Waals surface area contributed by atoms with Crippen molar-refractivity contribution in [1.29, 1.82) is 0 Å². The second kappa shape index (κ2) is 10.5. The number of rotatable bonds is 7. The topological polar surface area (TPSA) is 108 Å². The van der Waals surface area contributed by atoms with E-state index >= 15 is 0 Å². The van der Waals surface area contributed by atoms with Crippen LogP contribution in [0.2, 0.25) is 0 Å². The van der Waals surface area contributed by atoms with Crippen LogP contribution in [0.3, 0.4) is 0 Å². The maximum Gasteiger partial charge on any atom is 0.330 e. The van der Waals surface area contributed by atoms with E-state index in [1.165, 1.54) is 21.9 Å². The number of aromatic nitrogens is 4. The molecule has 2 aromatic carbocycles. The highest BCUT2D eigenvalue weighted by molar-refractivity contribution is 6.02. The first-order chi connectivity index (χ1) is 18.4. The molecule has 192 valence electrons. The van der Waals surface area contributed by atoms with Crippen LogP contribution in [0.1, 0.15) is 11.1 Å². The summed E-state index contributed by atoms with van der Waals surface area (Å²) >= 11 is 0. The zero-order chi connectivity index (χ0) is 26.6. The fraction of sp³-hybridized carbons (Fsp3) is 0.148. The first-order valence-electron chi connectivity index (χ1n) is 11.9. The van der Waals surface area contributed by atoms with Gasteiger partial charge in [-0.2, -0.15) is 9.37 Å². The average molecular weight is 513 g/mol. The number of aryl methyl sites for hydroxylation is 1. The lowest BCUT2D eigenvalue weighted by Gasteiger charge is -2.28. The number of carbonyl (C=O) groups is 2. The average Bonchev–Trinajstić information content (AvgIpc) is 3.16. The summed E-state index contributed by atoms with van der Waals surface area (Å²) in [5.74, 6) is -0.595. The van der Waals surface area contributed by atoms with Crippen molar-refractivity contribution in [2.24, 2.45) is 7.05 Å². The summed E-state index contributed by atoms with van der Waals surface area (Å²) in [6.07, 6.45) is 4.79. The van der Waals surface area contributed by atoms with Crippen LogP contribution in [0.25, 0.3) is 0 Å². The Hall–Kier alpha value is -5.06. The smallest absolute Gasteiger partial charge is 0.322 e. The van der Waals surface area contributed by atoms with E-state index in [0.717, 1.165) is 11.1 Å². The van der Waals surface area contributed by atoms with E-state index in [0.29, 0.717) is 36.7 Å². The maximum absolute atomic E-state index is 14.2. The van der Waals surface area contributed by atoms with E-state index in [-0.39, 0.29) is 23.6 Å². The fourth-order valence-corrected chi connectivity index (χ4v) is 4.18. The van der Waals surface area contributed by atoms with Gasteiger partial charge in [0.1, 0.15) is 11.5 Å². The molecule has 0 radical (unpaired) electrons. The van der Waals surface area contributed by atoms with E-state index in [1.807, 2.05) is 30.3 Å². The van der Waals surface area contributed by atoms with Gasteiger partial charge in [0.25, 0.3) is 5.95 Å². The number of nitrogens with zero attached hydrogens (tertiary/aromatic N) is 6. The van der Waals surface area contributed by atoms with Crippen molar-refractivity contribution in [3.63, 3.8) is 0 Å². The van der Waals surface area contributed by atoms with Gasteiger partial charge in [0.15, 0.2) is 0 Å². The number of carbonyl (C=O) groups excluding carboxylic acids is 2. The second-order valence-electron chi connectivity index (χ2n) is 8.69. The van der Waals surface area contributed by atoms with Crippen molar-refractivity contribution in [2.75, 3.05) is 22.1 Å². The first-order valence-corrected chi connectivity index (χ1v) is 11.9.